The maximum atomic E-state index is 12.1. The lowest BCUT2D eigenvalue weighted by Crippen LogP contribution is -2.26. The standard InChI is InChI=1S/C21H26N4O/c1-3-24(4-2)14-15-25-13-12-17-16-19(10-11-20(17)25)23-21(26)22-18-8-6-5-7-9-18/h5-13,16H,3-4,14-15H2,1-2H3,(H2,22,23,26). The van der Waals surface area contributed by atoms with Crippen molar-refractivity contribution in [2.75, 3.05) is 30.3 Å². The lowest BCUT2D eigenvalue weighted by atomic mass is 10.2. The molecular weight excluding hydrogens is 324 g/mol. The van der Waals surface area contributed by atoms with Crippen LogP contribution in [0.4, 0.5) is 16.2 Å². The highest BCUT2D eigenvalue weighted by Crippen LogP contribution is 2.21. The van der Waals surface area contributed by atoms with E-state index in [1.165, 1.54) is 5.52 Å². The molecule has 3 aromatic rings. The van der Waals surface area contributed by atoms with E-state index in [1.54, 1.807) is 0 Å². The largest absolute Gasteiger partial charge is 0.346 e. The summed E-state index contributed by atoms with van der Waals surface area (Å²) >= 11 is 0. The summed E-state index contributed by atoms with van der Waals surface area (Å²) in [5, 5.41) is 6.85. The van der Waals surface area contributed by atoms with Crippen LogP contribution in [-0.4, -0.2) is 35.1 Å². The predicted molar refractivity (Wildman–Crippen MR) is 109 cm³/mol. The summed E-state index contributed by atoms with van der Waals surface area (Å²) in [6, 6.07) is 17.3. The van der Waals surface area contributed by atoms with Crippen LogP contribution in [0.3, 0.4) is 0 Å². The molecule has 0 aliphatic carbocycles. The number of rotatable bonds is 7. The molecule has 0 spiro atoms. The average molecular weight is 350 g/mol. The summed E-state index contributed by atoms with van der Waals surface area (Å²) < 4.78 is 2.27. The molecule has 0 fully saturated rings. The highest BCUT2D eigenvalue weighted by atomic mass is 16.2. The number of carbonyl (C=O) groups is 1. The van der Waals surface area contributed by atoms with Gasteiger partial charge >= 0.3 is 6.03 Å². The second kappa shape index (κ2) is 8.54. The smallest absolute Gasteiger partial charge is 0.323 e. The van der Waals surface area contributed by atoms with E-state index >= 15 is 0 Å². The second-order valence-corrected chi connectivity index (χ2v) is 6.25. The zero-order chi connectivity index (χ0) is 18.4. The minimum atomic E-state index is -0.239. The van der Waals surface area contributed by atoms with E-state index in [9.17, 15) is 4.79 Å². The fraction of sp³-hybridized carbons (Fsp3) is 0.286. The number of nitrogens with one attached hydrogen (secondary N) is 2. The van der Waals surface area contributed by atoms with Crippen molar-refractivity contribution < 1.29 is 4.79 Å². The van der Waals surface area contributed by atoms with Gasteiger partial charge in [-0.15, -0.1) is 0 Å². The number of likely N-dealkylation sites (N-methyl/N-ethyl adjacent to an activating group) is 1. The van der Waals surface area contributed by atoms with Gasteiger partial charge in [-0.3, -0.25) is 0 Å². The monoisotopic (exact) mass is 350 g/mol. The molecule has 0 saturated carbocycles. The summed E-state index contributed by atoms with van der Waals surface area (Å²) in [5.74, 6) is 0. The molecule has 0 bridgehead atoms. The summed E-state index contributed by atoms with van der Waals surface area (Å²) in [5.41, 5.74) is 2.74. The topological polar surface area (TPSA) is 49.3 Å². The van der Waals surface area contributed by atoms with Crippen molar-refractivity contribution in [1.29, 1.82) is 0 Å². The number of hydrogen-bond acceptors (Lipinski definition) is 2. The molecule has 0 radical (unpaired) electrons. The Morgan fingerprint density at radius 2 is 1.69 bits per heavy atom. The number of benzene rings is 2. The van der Waals surface area contributed by atoms with Crippen molar-refractivity contribution >= 4 is 28.3 Å². The van der Waals surface area contributed by atoms with Gasteiger partial charge in [0.15, 0.2) is 0 Å². The summed E-state index contributed by atoms with van der Waals surface area (Å²) in [7, 11) is 0. The Morgan fingerprint density at radius 3 is 2.42 bits per heavy atom. The maximum Gasteiger partial charge on any atom is 0.323 e. The van der Waals surface area contributed by atoms with Crippen LogP contribution in [-0.2, 0) is 6.54 Å². The minimum Gasteiger partial charge on any atom is -0.346 e. The third-order valence-electron chi connectivity index (χ3n) is 4.61. The fourth-order valence-electron chi connectivity index (χ4n) is 3.08. The van der Waals surface area contributed by atoms with E-state index in [0.29, 0.717) is 0 Å². The van der Waals surface area contributed by atoms with Gasteiger partial charge in [0.1, 0.15) is 0 Å². The molecule has 0 aliphatic rings. The summed E-state index contributed by atoms with van der Waals surface area (Å²) in [6.07, 6.45) is 2.11. The maximum absolute atomic E-state index is 12.1. The van der Waals surface area contributed by atoms with Crippen LogP contribution in [0.25, 0.3) is 10.9 Å². The van der Waals surface area contributed by atoms with E-state index in [2.05, 4.69) is 52.3 Å². The van der Waals surface area contributed by atoms with Crippen molar-refractivity contribution in [1.82, 2.24) is 9.47 Å². The first-order valence-corrected chi connectivity index (χ1v) is 9.14. The number of nitrogens with zero attached hydrogens (tertiary/aromatic N) is 2. The Kier molecular flexibility index (Phi) is 5.92. The average Bonchev–Trinajstić information content (AvgIpc) is 3.05. The molecule has 26 heavy (non-hydrogen) atoms. The molecule has 1 heterocycles. The van der Waals surface area contributed by atoms with Crippen LogP contribution >= 0.6 is 0 Å². The van der Waals surface area contributed by atoms with Crippen LogP contribution in [0, 0.1) is 0 Å². The zero-order valence-corrected chi connectivity index (χ0v) is 15.4. The number of carbonyl (C=O) groups excluding carboxylic acids is 1. The lowest BCUT2D eigenvalue weighted by molar-refractivity contribution is 0.262. The Labute approximate surface area is 154 Å². The Bertz CT molecular complexity index is 853. The van der Waals surface area contributed by atoms with E-state index in [1.807, 2.05) is 42.5 Å². The van der Waals surface area contributed by atoms with Crippen molar-refractivity contribution in [3.8, 4) is 0 Å². The number of urea groups is 1. The molecule has 0 unspecified atom stereocenters. The summed E-state index contributed by atoms with van der Waals surface area (Å²) in [4.78, 5) is 14.5. The number of fused-ring (bicyclic) bond motifs is 1. The zero-order valence-electron chi connectivity index (χ0n) is 15.4. The molecule has 0 aliphatic heterocycles. The molecule has 5 nitrogen and oxygen atoms in total. The van der Waals surface area contributed by atoms with Gasteiger partial charge in [-0.25, -0.2) is 4.79 Å². The van der Waals surface area contributed by atoms with Crippen molar-refractivity contribution in [2.45, 2.75) is 20.4 Å². The highest BCUT2D eigenvalue weighted by molar-refractivity contribution is 6.01. The molecule has 3 rings (SSSR count). The van der Waals surface area contributed by atoms with Crippen LogP contribution in [0.2, 0.25) is 0 Å². The quantitative estimate of drug-likeness (QED) is 0.653. The summed E-state index contributed by atoms with van der Waals surface area (Å²) in [6.45, 7) is 8.52. The SMILES string of the molecule is CCN(CC)CCn1ccc2cc(NC(=O)Nc3ccccc3)ccc21. The van der Waals surface area contributed by atoms with Gasteiger partial charge in [-0.2, -0.15) is 0 Å². The van der Waals surface area contributed by atoms with E-state index in [-0.39, 0.29) is 6.03 Å². The van der Waals surface area contributed by atoms with E-state index in [4.69, 9.17) is 0 Å². The van der Waals surface area contributed by atoms with E-state index in [0.717, 1.165) is 42.9 Å². The normalized spacial score (nSPS) is 11.0. The third-order valence-corrected chi connectivity index (χ3v) is 4.61. The fourth-order valence-corrected chi connectivity index (χ4v) is 3.08. The number of amides is 2. The Hall–Kier alpha value is -2.79. The Morgan fingerprint density at radius 1 is 0.962 bits per heavy atom. The van der Waals surface area contributed by atoms with Gasteiger partial charge < -0.3 is 20.1 Å². The van der Waals surface area contributed by atoms with Crippen molar-refractivity contribution in [2.24, 2.45) is 0 Å². The van der Waals surface area contributed by atoms with Gasteiger partial charge in [0.25, 0.3) is 0 Å². The minimum absolute atomic E-state index is 0.239. The highest BCUT2D eigenvalue weighted by Gasteiger charge is 2.07. The van der Waals surface area contributed by atoms with E-state index < -0.39 is 0 Å². The predicted octanol–water partition coefficient (Wildman–Crippen LogP) is 4.63. The van der Waals surface area contributed by atoms with Gasteiger partial charge in [-0.1, -0.05) is 32.0 Å². The molecule has 2 amide bonds. The first kappa shape index (κ1) is 18.0. The first-order valence-electron chi connectivity index (χ1n) is 9.14. The van der Waals surface area contributed by atoms with Crippen LogP contribution in [0.15, 0.2) is 60.8 Å². The molecule has 0 saturated heterocycles. The van der Waals surface area contributed by atoms with Gasteiger partial charge in [0, 0.05) is 41.6 Å². The Balaban J connectivity index is 1.65. The van der Waals surface area contributed by atoms with Gasteiger partial charge in [0.2, 0.25) is 0 Å². The van der Waals surface area contributed by atoms with Crippen LogP contribution in [0.1, 0.15) is 13.8 Å². The number of anilines is 2. The van der Waals surface area contributed by atoms with Crippen LogP contribution in [0.5, 0.6) is 0 Å². The molecule has 136 valence electrons. The van der Waals surface area contributed by atoms with Crippen molar-refractivity contribution in [3.63, 3.8) is 0 Å². The number of aromatic nitrogens is 1. The van der Waals surface area contributed by atoms with Crippen molar-refractivity contribution in [3.05, 3.63) is 60.8 Å². The molecule has 5 heteroatoms. The van der Waals surface area contributed by atoms with Crippen LogP contribution < -0.4 is 10.6 Å². The molecule has 1 aromatic heterocycles. The number of hydrogen-bond donors (Lipinski definition) is 2. The second-order valence-electron chi connectivity index (χ2n) is 6.25. The molecule has 2 N–H and O–H groups in total. The lowest BCUT2D eigenvalue weighted by Gasteiger charge is -2.18. The molecule has 2 aromatic carbocycles. The van der Waals surface area contributed by atoms with Gasteiger partial charge in [-0.05, 0) is 49.5 Å². The molecule has 0 atom stereocenters. The van der Waals surface area contributed by atoms with Gasteiger partial charge in [0.05, 0.1) is 0 Å². The third kappa shape index (κ3) is 4.43. The molecular formula is C21H26N4O. The number of para-hydroxylation sites is 1. The first-order chi connectivity index (χ1) is 12.7.